The summed E-state index contributed by atoms with van der Waals surface area (Å²) in [7, 11) is 1.61. The van der Waals surface area contributed by atoms with Crippen LogP contribution in [0.5, 0.6) is 11.5 Å². The molecule has 1 aliphatic heterocycles. The maximum absolute atomic E-state index is 15.0. The van der Waals surface area contributed by atoms with Gasteiger partial charge in [0.2, 0.25) is 0 Å². The highest BCUT2D eigenvalue weighted by molar-refractivity contribution is 6.04. The van der Waals surface area contributed by atoms with E-state index in [4.69, 9.17) is 9.47 Å². The van der Waals surface area contributed by atoms with E-state index in [1.807, 2.05) is 91.9 Å². The molecule has 0 aliphatic carbocycles. The van der Waals surface area contributed by atoms with E-state index < -0.39 is 0 Å². The van der Waals surface area contributed by atoms with Crippen LogP contribution < -0.4 is 19.7 Å². The molecular formula is C33H34FN3O3. The van der Waals surface area contributed by atoms with Crippen LogP contribution in [0.15, 0.2) is 91.0 Å². The average Bonchev–Trinajstić information content (AvgIpc) is 2.98. The quantitative estimate of drug-likeness (QED) is 0.264. The van der Waals surface area contributed by atoms with Gasteiger partial charge in [0, 0.05) is 55.2 Å². The van der Waals surface area contributed by atoms with Crippen molar-refractivity contribution in [2.75, 3.05) is 50.1 Å². The number of piperazine rings is 1. The Hall–Kier alpha value is -4.36. The Balaban J connectivity index is 1.14. The number of hydrogen-bond acceptors (Lipinski definition) is 5. The molecule has 0 atom stereocenters. The van der Waals surface area contributed by atoms with Crippen LogP contribution in [0.1, 0.15) is 22.8 Å². The van der Waals surface area contributed by atoms with E-state index >= 15 is 4.39 Å². The minimum Gasteiger partial charge on any atom is -0.497 e. The highest BCUT2D eigenvalue weighted by atomic mass is 19.1. The summed E-state index contributed by atoms with van der Waals surface area (Å²) in [4.78, 5) is 17.3. The third-order valence-corrected chi connectivity index (χ3v) is 7.11. The second-order valence-corrected chi connectivity index (χ2v) is 9.77. The van der Waals surface area contributed by atoms with Crippen molar-refractivity contribution in [1.82, 2.24) is 4.90 Å². The molecule has 40 heavy (non-hydrogen) atoms. The van der Waals surface area contributed by atoms with Crippen LogP contribution in [0, 0.1) is 5.82 Å². The van der Waals surface area contributed by atoms with Gasteiger partial charge >= 0.3 is 0 Å². The number of amides is 1. The molecule has 0 radical (unpaired) electrons. The molecule has 7 heteroatoms. The lowest BCUT2D eigenvalue weighted by molar-refractivity contribution is 0.102. The highest BCUT2D eigenvalue weighted by Crippen LogP contribution is 2.28. The van der Waals surface area contributed by atoms with Gasteiger partial charge in [-0.15, -0.1) is 0 Å². The minimum atomic E-state index is -0.221. The number of benzene rings is 4. The van der Waals surface area contributed by atoms with Crippen molar-refractivity contribution in [2.45, 2.75) is 13.5 Å². The van der Waals surface area contributed by atoms with Gasteiger partial charge in [0.25, 0.3) is 5.91 Å². The predicted octanol–water partition coefficient (Wildman–Crippen LogP) is 6.47. The van der Waals surface area contributed by atoms with E-state index in [-0.39, 0.29) is 11.7 Å². The highest BCUT2D eigenvalue weighted by Gasteiger charge is 2.19. The zero-order valence-corrected chi connectivity index (χ0v) is 22.9. The van der Waals surface area contributed by atoms with Gasteiger partial charge in [-0.05, 0) is 84.8 Å². The summed E-state index contributed by atoms with van der Waals surface area (Å²) in [6.07, 6.45) is 0. The Morgan fingerprint density at radius 2 is 1.62 bits per heavy atom. The fraction of sp³-hybridized carbons (Fsp3) is 0.242. The van der Waals surface area contributed by atoms with Gasteiger partial charge in [-0.2, -0.15) is 0 Å². The summed E-state index contributed by atoms with van der Waals surface area (Å²) in [5.74, 6) is 1.11. The Morgan fingerprint density at radius 3 is 2.30 bits per heavy atom. The first kappa shape index (κ1) is 27.2. The van der Waals surface area contributed by atoms with Crippen LogP contribution in [-0.2, 0) is 6.54 Å². The topological polar surface area (TPSA) is 54.0 Å². The number of rotatable bonds is 9. The zero-order chi connectivity index (χ0) is 27.9. The molecule has 1 heterocycles. The Bertz CT molecular complexity index is 1430. The maximum Gasteiger partial charge on any atom is 0.255 e. The summed E-state index contributed by atoms with van der Waals surface area (Å²) in [6.45, 7) is 6.69. The first-order chi connectivity index (χ1) is 19.5. The third kappa shape index (κ3) is 6.61. The van der Waals surface area contributed by atoms with Crippen LogP contribution in [0.3, 0.4) is 0 Å². The zero-order valence-electron chi connectivity index (χ0n) is 22.9. The van der Waals surface area contributed by atoms with Gasteiger partial charge in [-0.25, -0.2) is 4.39 Å². The molecule has 6 nitrogen and oxygen atoms in total. The van der Waals surface area contributed by atoms with Gasteiger partial charge in [-0.1, -0.05) is 24.3 Å². The maximum atomic E-state index is 15.0. The van der Waals surface area contributed by atoms with E-state index in [0.29, 0.717) is 24.3 Å². The first-order valence-corrected chi connectivity index (χ1v) is 13.6. The number of methoxy groups -OCH3 is 1. The molecule has 206 valence electrons. The van der Waals surface area contributed by atoms with Crippen molar-refractivity contribution in [3.05, 3.63) is 108 Å². The van der Waals surface area contributed by atoms with Crippen molar-refractivity contribution in [3.63, 3.8) is 0 Å². The lowest BCUT2D eigenvalue weighted by Gasteiger charge is -2.36. The number of carbonyl (C=O) groups excluding carboxylic acids is 1. The number of carbonyl (C=O) groups is 1. The van der Waals surface area contributed by atoms with Crippen molar-refractivity contribution in [3.8, 4) is 22.6 Å². The van der Waals surface area contributed by atoms with Crippen LogP contribution in [-0.4, -0.2) is 50.7 Å². The second kappa shape index (κ2) is 12.7. The molecule has 0 spiro atoms. The van der Waals surface area contributed by atoms with Gasteiger partial charge in [-0.3, -0.25) is 9.69 Å². The van der Waals surface area contributed by atoms with E-state index in [1.165, 1.54) is 0 Å². The Morgan fingerprint density at radius 1 is 0.875 bits per heavy atom. The number of ether oxygens (including phenoxy) is 2. The van der Waals surface area contributed by atoms with Crippen molar-refractivity contribution in [1.29, 1.82) is 0 Å². The van der Waals surface area contributed by atoms with Crippen LogP contribution in [0.2, 0.25) is 0 Å². The molecule has 1 amide bonds. The molecule has 4 aromatic carbocycles. The third-order valence-electron chi connectivity index (χ3n) is 7.11. The van der Waals surface area contributed by atoms with Crippen molar-refractivity contribution in [2.24, 2.45) is 0 Å². The molecule has 1 aliphatic rings. The molecule has 1 fully saturated rings. The molecule has 0 saturated carbocycles. The number of hydrogen-bond donors (Lipinski definition) is 1. The Labute approximate surface area is 235 Å². The molecular weight excluding hydrogens is 505 g/mol. The SMILES string of the molecule is CCOc1cccc(-c2ccc(CN3CCN(c4ccc(C(=O)Nc5ccc(OC)cc5)cc4)CC3)cc2F)c1. The fourth-order valence-electron chi connectivity index (χ4n) is 4.93. The van der Waals surface area contributed by atoms with Gasteiger partial charge in [0.05, 0.1) is 13.7 Å². The predicted molar refractivity (Wildman–Crippen MR) is 158 cm³/mol. The largest absolute Gasteiger partial charge is 0.497 e. The van der Waals surface area contributed by atoms with Gasteiger partial charge in [0.1, 0.15) is 17.3 Å². The van der Waals surface area contributed by atoms with Gasteiger partial charge < -0.3 is 19.7 Å². The monoisotopic (exact) mass is 539 g/mol. The van der Waals surface area contributed by atoms with Crippen LogP contribution in [0.25, 0.3) is 11.1 Å². The summed E-state index contributed by atoms with van der Waals surface area (Å²) < 4.78 is 25.8. The number of halogens is 1. The first-order valence-electron chi connectivity index (χ1n) is 13.6. The lowest BCUT2D eigenvalue weighted by atomic mass is 10.0. The summed E-state index contributed by atoms with van der Waals surface area (Å²) in [5, 5.41) is 2.91. The Kier molecular flexibility index (Phi) is 8.62. The lowest BCUT2D eigenvalue weighted by Crippen LogP contribution is -2.46. The van der Waals surface area contributed by atoms with Crippen molar-refractivity contribution >= 4 is 17.3 Å². The molecule has 1 saturated heterocycles. The van der Waals surface area contributed by atoms with E-state index in [1.54, 1.807) is 13.2 Å². The smallest absolute Gasteiger partial charge is 0.255 e. The standard InChI is InChI=1S/C33H34FN3O3/c1-3-40-30-6-4-5-26(22-30)31-16-7-24(21-32(31)34)23-36-17-19-37(20-18-36)28-12-8-25(9-13-28)33(38)35-27-10-14-29(39-2)15-11-27/h4-16,21-22H,3,17-20,23H2,1-2H3,(H,35,38). The molecule has 4 aromatic rings. The summed E-state index contributed by atoms with van der Waals surface area (Å²) in [5.41, 5.74) is 4.77. The minimum absolute atomic E-state index is 0.151. The average molecular weight is 540 g/mol. The van der Waals surface area contributed by atoms with Crippen molar-refractivity contribution < 1.29 is 18.7 Å². The number of nitrogens with one attached hydrogen (secondary N) is 1. The molecule has 5 rings (SSSR count). The van der Waals surface area contributed by atoms with Crippen LogP contribution >= 0.6 is 0 Å². The summed E-state index contributed by atoms with van der Waals surface area (Å²) >= 11 is 0. The molecule has 0 bridgehead atoms. The summed E-state index contributed by atoms with van der Waals surface area (Å²) in [6, 6.07) is 28.0. The fourth-order valence-corrected chi connectivity index (χ4v) is 4.93. The second-order valence-electron chi connectivity index (χ2n) is 9.77. The van der Waals surface area contributed by atoms with Gasteiger partial charge in [0.15, 0.2) is 0 Å². The molecule has 1 N–H and O–H groups in total. The van der Waals surface area contributed by atoms with E-state index in [0.717, 1.165) is 60.2 Å². The number of anilines is 2. The van der Waals surface area contributed by atoms with E-state index in [9.17, 15) is 4.79 Å². The molecule has 0 unspecified atom stereocenters. The molecule has 0 aromatic heterocycles. The normalized spacial score (nSPS) is 13.6. The van der Waals surface area contributed by atoms with E-state index in [2.05, 4.69) is 15.1 Å². The van der Waals surface area contributed by atoms with Crippen LogP contribution in [0.4, 0.5) is 15.8 Å². The number of nitrogens with zero attached hydrogens (tertiary/aromatic N) is 2.